The number of anilines is 3. The van der Waals surface area contributed by atoms with Crippen molar-refractivity contribution < 1.29 is 24.3 Å². The highest BCUT2D eigenvalue weighted by molar-refractivity contribution is 7.13. The molecule has 18 nitrogen and oxygen atoms in total. The number of nitrogens with one attached hydrogen (secondary N) is 4. The van der Waals surface area contributed by atoms with Gasteiger partial charge >= 0.3 is 0 Å². The minimum absolute atomic E-state index is 0.00252. The summed E-state index contributed by atoms with van der Waals surface area (Å²) in [7, 11) is 3.71. The maximum Gasteiger partial charge on any atom is 0.248 e. The number of β-amino-alcohol motifs (C(OH)–C–C–N with tert-alkyl or cyclic N) is 1. The molecule has 1 aliphatic carbocycles. The molecule has 3 fully saturated rings. The van der Waals surface area contributed by atoms with E-state index in [9.17, 15) is 29.1 Å². The Hall–Kier alpha value is -5.95. The first kappa shape index (κ1) is 48.0. The highest BCUT2D eigenvalue weighted by Crippen LogP contribution is 2.30. The van der Waals surface area contributed by atoms with Gasteiger partial charge in [-0.05, 0) is 67.6 Å². The average molecular weight is 925 g/mol. The van der Waals surface area contributed by atoms with Gasteiger partial charge in [-0.25, -0.2) is 4.98 Å². The van der Waals surface area contributed by atoms with E-state index >= 15 is 0 Å². The van der Waals surface area contributed by atoms with Crippen LogP contribution >= 0.6 is 11.3 Å². The molecule has 66 heavy (non-hydrogen) atoms. The third kappa shape index (κ3) is 12.7. The van der Waals surface area contributed by atoms with Gasteiger partial charge in [0.15, 0.2) is 0 Å². The van der Waals surface area contributed by atoms with Crippen LogP contribution in [0.1, 0.15) is 89.1 Å². The number of carbonyl (C=O) groups excluding carboxylic acids is 4. The van der Waals surface area contributed by atoms with Crippen LogP contribution in [0.5, 0.6) is 0 Å². The zero-order valence-corrected chi connectivity index (χ0v) is 39.7. The van der Waals surface area contributed by atoms with Gasteiger partial charge in [0.05, 0.1) is 28.7 Å². The van der Waals surface area contributed by atoms with E-state index in [0.29, 0.717) is 62.6 Å². The smallest absolute Gasteiger partial charge is 0.248 e. The van der Waals surface area contributed by atoms with E-state index in [1.807, 2.05) is 87.4 Å². The number of nitrogens with zero attached hydrogens (tertiary/aromatic N) is 8. The maximum absolute atomic E-state index is 14.2. The van der Waals surface area contributed by atoms with Crippen molar-refractivity contribution in [3.63, 3.8) is 0 Å². The summed E-state index contributed by atoms with van der Waals surface area (Å²) in [5.41, 5.74) is 4.58. The van der Waals surface area contributed by atoms with E-state index in [1.165, 1.54) is 11.0 Å². The SMILES string of the molecule is Cc1ncsc1-c1ccc(CNC(=O)[C@@H]2C[C@@H](O)CN2C(=O)[C@@H](NC(=O)CCC2CCN(c3nc(N(C)CCC(=O)NC4CC4)nc(N(C)Cc4cccc(=O)[nH]4)n3)CC2)C(C)(C)C)cc1. The molecule has 19 heteroatoms. The Morgan fingerprint density at radius 2 is 1.65 bits per heavy atom. The quantitative estimate of drug-likeness (QED) is 0.0966. The fourth-order valence-electron chi connectivity index (χ4n) is 8.40. The number of aromatic amines is 1. The number of carbonyl (C=O) groups is 4. The van der Waals surface area contributed by atoms with E-state index in [1.54, 1.807) is 17.4 Å². The van der Waals surface area contributed by atoms with Crippen LogP contribution in [0, 0.1) is 18.3 Å². The number of aliphatic hydroxyl groups excluding tert-OH is 1. The number of aromatic nitrogens is 5. The number of aliphatic hydroxyl groups is 1. The van der Waals surface area contributed by atoms with Crippen LogP contribution in [-0.4, -0.2) is 123 Å². The third-order valence-corrected chi connectivity index (χ3v) is 13.5. The number of hydrogen-bond acceptors (Lipinski definition) is 14. The van der Waals surface area contributed by atoms with Crippen molar-refractivity contribution in [2.75, 3.05) is 55.0 Å². The van der Waals surface area contributed by atoms with Gasteiger partial charge < -0.3 is 45.6 Å². The summed E-state index contributed by atoms with van der Waals surface area (Å²) in [6.45, 7) is 9.97. The number of H-pyrrole nitrogens is 1. The Labute approximate surface area is 390 Å². The van der Waals surface area contributed by atoms with Gasteiger partial charge in [-0.15, -0.1) is 11.3 Å². The number of benzene rings is 1. The Balaban J connectivity index is 0.930. The number of pyridine rings is 1. The fourth-order valence-corrected chi connectivity index (χ4v) is 9.22. The minimum Gasteiger partial charge on any atom is -0.391 e. The number of amides is 4. The number of aryl methyl sites for hydroxylation is 1. The predicted octanol–water partition coefficient (Wildman–Crippen LogP) is 3.54. The second kappa shape index (κ2) is 21.1. The second-order valence-corrected chi connectivity index (χ2v) is 19.9. The van der Waals surface area contributed by atoms with E-state index in [-0.39, 0.29) is 61.2 Å². The number of hydrogen-bond donors (Lipinski definition) is 5. The van der Waals surface area contributed by atoms with Gasteiger partial charge in [0.25, 0.3) is 0 Å². The van der Waals surface area contributed by atoms with Gasteiger partial charge in [-0.3, -0.25) is 24.0 Å². The highest BCUT2D eigenvalue weighted by atomic mass is 32.1. The van der Waals surface area contributed by atoms with E-state index in [4.69, 9.17) is 15.0 Å². The van der Waals surface area contributed by atoms with E-state index < -0.39 is 29.5 Å². The maximum atomic E-state index is 14.2. The Bertz CT molecular complexity index is 2390. The summed E-state index contributed by atoms with van der Waals surface area (Å²) < 4.78 is 0. The van der Waals surface area contributed by atoms with Crippen LogP contribution in [-0.2, 0) is 32.3 Å². The first-order chi connectivity index (χ1) is 31.5. The summed E-state index contributed by atoms with van der Waals surface area (Å²) in [4.78, 5) is 95.8. The molecular weight excluding hydrogens is 861 g/mol. The molecule has 0 unspecified atom stereocenters. The van der Waals surface area contributed by atoms with Crippen molar-refractivity contribution in [2.24, 2.45) is 11.3 Å². The van der Waals surface area contributed by atoms with Crippen molar-refractivity contribution >= 4 is 52.8 Å². The number of thiazole rings is 1. The van der Waals surface area contributed by atoms with Gasteiger partial charge in [0, 0.05) is 83.9 Å². The molecule has 5 heterocycles. The zero-order valence-electron chi connectivity index (χ0n) is 38.9. The van der Waals surface area contributed by atoms with E-state index in [0.717, 1.165) is 47.4 Å². The van der Waals surface area contributed by atoms with Crippen molar-refractivity contribution in [1.82, 2.24) is 45.8 Å². The predicted molar refractivity (Wildman–Crippen MR) is 254 cm³/mol. The van der Waals surface area contributed by atoms with Gasteiger partial charge in [-0.1, -0.05) is 51.1 Å². The third-order valence-electron chi connectivity index (χ3n) is 12.5. The molecule has 2 aliphatic heterocycles. The molecule has 2 saturated heterocycles. The average Bonchev–Trinajstić information content (AvgIpc) is 3.86. The van der Waals surface area contributed by atoms with Crippen molar-refractivity contribution in [1.29, 1.82) is 0 Å². The lowest BCUT2D eigenvalue weighted by molar-refractivity contribution is -0.144. The Morgan fingerprint density at radius 3 is 2.30 bits per heavy atom. The molecule has 3 atom stereocenters. The highest BCUT2D eigenvalue weighted by Gasteiger charge is 2.44. The standard InChI is InChI=1S/C47H64N12O6S/c1-29-40(66-28-49-29)32-13-10-31(11-14-32)25-48-42(64)36-24-35(60)27-59(36)43(65)41(47(2,3)4)52-38(62)17-12-30-18-22-58(23-19-30)46-54-44(56(5)21-20-39(63)50-33-15-16-33)53-45(55-46)57(6)26-34-8-7-9-37(61)51-34/h7-11,13-14,28,30,33,35-36,41,60H,12,15-27H2,1-6H3,(H,48,64)(H,50,63)(H,51,61)(H,52,62)/t35-,36+,41-/m1/s1. The molecule has 0 spiro atoms. The molecule has 1 saturated carbocycles. The van der Waals surface area contributed by atoms with Gasteiger partial charge in [0.1, 0.15) is 12.1 Å². The summed E-state index contributed by atoms with van der Waals surface area (Å²) in [5, 5.41) is 19.7. The van der Waals surface area contributed by atoms with Gasteiger partial charge in [0.2, 0.25) is 47.0 Å². The molecular formula is C47H64N12O6S. The molecule has 3 aliphatic rings. The molecule has 3 aromatic heterocycles. The second-order valence-electron chi connectivity index (χ2n) is 19.1. The fraction of sp³-hybridized carbons (Fsp3) is 0.553. The largest absolute Gasteiger partial charge is 0.391 e. The molecule has 1 aromatic carbocycles. The molecule has 0 radical (unpaired) electrons. The minimum atomic E-state index is -0.909. The summed E-state index contributed by atoms with van der Waals surface area (Å²) >= 11 is 1.58. The monoisotopic (exact) mass is 924 g/mol. The van der Waals surface area contributed by atoms with Crippen LogP contribution in [0.3, 0.4) is 0 Å². The molecule has 4 aromatic rings. The Morgan fingerprint density at radius 1 is 0.939 bits per heavy atom. The van der Waals surface area contributed by atoms with Crippen molar-refractivity contribution in [3.05, 3.63) is 75.3 Å². The van der Waals surface area contributed by atoms with Crippen LogP contribution in [0.15, 0.2) is 52.8 Å². The van der Waals surface area contributed by atoms with Crippen molar-refractivity contribution in [3.8, 4) is 10.4 Å². The number of rotatable bonds is 18. The molecule has 7 rings (SSSR count). The normalized spacial score (nSPS) is 18.2. The molecule has 4 amide bonds. The van der Waals surface area contributed by atoms with Crippen LogP contribution in [0.2, 0.25) is 0 Å². The number of piperidine rings is 1. The van der Waals surface area contributed by atoms with E-state index in [2.05, 4.69) is 30.8 Å². The van der Waals surface area contributed by atoms with Crippen molar-refractivity contribution in [2.45, 2.75) is 116 Å². The summed E-state index contributed by atoms with van der Waals surface area (Å²) in [6.07, 6.45) is 4.03. The van der Waals surface area contributed by atoms with Crippen LogP contribution in [0.25, 0.3) is 10.4 Å². The summed E-state index contributed by atoms with van der Waals surface area (Å²) in [5.74, 6) is 0.626. The summed E-state index contributed by atoms with van der Waals surface area (Å²) in [6, 6.07) is 11.4. The number of likely N-dealkylation sites (tertiary alicyclic amines) is 1. The molecule has 354 valence electrons. The zero-order chi connectivity index (χ0) is 47.1. The first-order valence-electron chi connectivity index (χ1n) is 23.0. The van der Waals surface area contributed by atoms with Crippen LogP contribution < -0.4 is 36.2 Å². The lowest BCUT2D eigenvalue weighted by Gasteiger charge is -2.35. The Kier molecular flexibility index (Phi) is 15.4. The molecule has 0 bridgehead atoms. The molecule has 5 N–H and O–H groups in total. The van der Waals surface area contributed by atoms with Crippen LogP contribution in [0.4, 0.5) is 17.8 Å². The topological polar surface area (TPSA) is 222 Å². The van der Waals surface area contributed by atoms with Gasteiger partial charge in [-0.2, -0.15) is 15.0 Å². The lowest BCUT2D eigenvalue weighted by atomic mass is 9.85. The first-order valence-corrected chi connectivity index (χ1v) is 23.8. The lowest BCUT2D eigenvalue weighted by Crippen LogP contribution is -2.57.